The highest BCUT2D eigenvalue weighted by molar-refractivity contribution is 5.79. The number of hydrogen-bond donors (Lipinski definition) is 2. The van der Waals surface area contributed by atoms with Crippen LogP contribution in [0.5, 0.6) is 0 Å². The second-order valence-corrected chi connectivity index (χ2v) is 3.35. The number of rotatable bonds is 4. The van der Waals surface area contributed by atoms with Crippen molar-refractivity contribution >= 4 is 5.97 Å². The van der Waals surface area contributed by atoms with Crippen LogP contribution in [-0.4, -0.2) is 22.6 Å². The predicted molar refractivity (Wildman–Crippen MR) is 56.0 cm³/mol. The molecule has 16 heavy (non-hydrogen) atoms. The van der Waals surface area contributed by atoms with Crippen molar-refractivity contribution in [3.05, 3.63) is 29.8 Å². The summed E-state index contributed by atoms with van der Waals surface area (Å²) in [4.78, 5) is 14.9. The van der Waals surface area contributed by atoms with Gasteiger partial charge in [0.05, 0.1) is 18.4 Å². The molecule has 2 N–H and O–H groups in total. The van der Waals surface area contributed by atoms with Crippen molar-refractivity contribution in [2.75, 3.05) is 6.54 Å². The summed E-state index contributed by atoms with van der Waals surface area (Å²) in [5.41, 5.74) is -1.21. The normalized spacial score (nSPS) is 13.8. The third kappa shape index (κ3) is 2.35. The number of aromatic nitrogens is 1. The van der Waals surface area contributed by atoms with E-state index in [2.05, 4.69) is 16.2 Å². The Labute approximate surface area is 92.5 Å². The van der Waals surface area contributed by atoms with E-state index in [9.17, 15) is 9.18 Å². The second-order valence-electron chi connectivity index (χ2n) is 3.35. The molecule has 1 aromatic heterocycles. The largest absolute Gasteiger partial charge is 0.480 e. The first-order chi connectivity index (χ1) is 7.50. The Hall–Kier alpha value is -1.93. The first kappa shape index (κ1) is 12.1. The SMILES string of the molecule is C#CCNC(C)(C(=O)O)c1ccc(F)cn1. The number of nitrogens with zero attached hydrogens (tertiary/aromatic N) is 1. The smallest absolute Gasteiger partial charge is 0.329 e. The molecule has 84 valence electrons. The van der Waals surface area contributed by atoms with E-state index in [1.54, 1.807) is 0 Å². The highest BCUT2D eigenvalue weighted by atomic mass is 19.1. The predicted octanol–water partition coefficient (Wildman–Crippen LogP) is 0.743. The third-order valence-electron chi connectivity index (χ3n) is 2.21. The number of carboxylic acids is 1. The van der Waals surface area contributed by atoms with Crippen molar-refractivity contribution in [1.29, 1.82) is 0 Å². The molecule has 4 nitrogen and oxygen atoms in total. The molecular weight excluding hydrogens is 211 g/mol. The van der Waals surface area contributed by atoms with Crippen molar-refractivity contribution in [3.8, 4) is 12.3 Å². The first-order valence-corrected chi connectivity index (χ1v) is 4.54. The molecule has 0 aliphatic heterocycles. The molecule has 1 unspecified atom stereocenters. The average molecular weight is 222 g/mol. The van der Waals surface area contributed by atoms with Gasteiger partial charge in [0.15, 0.2) is 5.54 Å². The van der Waals surface area contributed by atoms with Crippen LogP contribution >= 0.6 is 0 Å². The van der Waals surface area contributed by atoms with Crippen molar-refractivity contribution < 1.29 is 14.3 Å². The summed E-state index contributed by atoms with van der Waals surface area (Å²) in [6.07, 6.45) is 6.02. The minimum Gasteiger partial charge on any atom is -0.480 e. The van der Waals surface area contributed by atoms with Crippen LogP contribution < -0.4 is 5.32 Å². The molecule has 1 rings (SSSR count). The highest BCUT2D eigenvalue weighted by Gasteiger charge is 2.35. The van der Waals surface area contributed by atoms with Gasteiger partial charge < -0.3 is 5.11 Å². The Morgan fingerprint density at radius 1 is 1.75 bits per heavy atom. The molecule has 0 spiro atoms. The second kappa shape index (κ2) is 4.73. The topological polar surface area (TPSA) is 62.2 Å². The molecule has 0 fully saturated rings. The van der Waals surface area contributed by atoms with Gasteiger partial charge in [-0.25, -0.2) is 9.18 Å². The van der Waals surface area contributed by atoms with Crippen LogP contribution in [-0.2, 0) is 10.3 Å². The number of carbonyl (C=O) groups is 1. The number of nitrogens with one attached hydrogen (secondary N) is 1. The summed E-state index contributed by atoms with van der Waals surface area (Å²) in [6.45, 7) is 1.51. The van der Waals surface area contributed by atoms with Crippen LogP contribution in [0, 0.1) is 18.2 Å². The van der Waals surface area contributed by atoms with Crippen LogP contribution in [0.3, 0.4) is 0 Å². The van der Waals surface area contributed by atoms with Crippen LogP contribution in [0.15, 0.2) is 18.3 Å². The van der Waals surface area contributed by atoms with Crippen LogP contribution in [0.1, 0.15) is 12.6 Å². The summed E-state index contributed by atoms with van der Waals surface area (Å²) in [5, 5.41) is 11.8. The Morgan fingerprint density at radius 2 is 2.44 bits per heavy atom. The molecular formula is C11H11FN2O2. The van der Waals surface area contributed by atoms with Gasteiger partial charge in [-0.3, -0.25) is 10.3 Å². The maximum absolute atomic E-state index is 12.7. The number of carboxylic acid groups (broad SMARTS) is 1. The summed E-state index contributed by atoms with van der Waals surface area (Å²) in [5.74, 6) is 0.640. The van der Waals surface area contributed by atoms with E-state index in [-0.39, 0.29) is 12.2 Å². The van der Waals surface area contributed by atoms with E-state index in [0.29, 0.717) is 0 Å². The zero-order chi connectivity index (χ0) is 12.2. The molecule has 1 heterocycles. The fraction of sp³-hybridized carbons (Fsp3) is 0.273. The number of aliphatic carboxylic acids is 1. The molecule has 5 heteroatoms. The van der Waals surface area contributed by atoms with Crippen molar-refractivity contribution in [3.63, 3.8) is 0 Å². The van der Waals surface area contributed by atoms with Gasteiger partial charge in [0.25, 0.3) is 0 Å². The van der Waals surface area contributed by atoms with E-state index < -0.39 is 17.3 Å². The van der Waals surface area contributed by atoms with Gasteiger partial charge in [-0.2, -0.15) is 0 Å². The third-order valence-corrected chi connectivity index (χ3v) is 2.21. The zero-order valence-electron chi connectivity index (χ0n) is 8.70. The van der Waals surface area contributed by atoms with E-state index in [0.717, 1.165) is 12.3 Å². The summed E-state index contributed by atoms with van der Waals surface area (Å²) in [7, 11) is 0. The Bertz CT molecular complexity index is 425. The molecule has 0 saturated carbocycles. The molecule has 0 aliphatic carbocycles. The van der Waals surface area contributed by atoms with Crippen LogP contribution in [0.2, 0.25) is 0 Å². The van der Waals surface area contributed by atoms with Crippen molar-refractivity contribution in [1.82, 2.24) is 10.3 Å². The quantitative estimate of drug-likeness (QED) is 0.738. The molecule has 1 atom stereocenters. The Kier molecular flexibility index (Phi) is 3.59. The zero-order valence-corrected chi connectivity index (χ0v) is 8.70. The average Bonchev–Trinajstić information content (AvgIpc) is 2.26. The standard InChI is InChI=1S/C11H11FN2O2/c1-3-6-14-11(2,10(15)16)9-5-4-8(12)7-13-9/h1,4-5,7,14H,6H2,2H3,(H,15,16). The fourth-order valence-corrected chi connectivity index (χ4v) is 1.18. The van der Waals surface area contributed by atoms with Gasteiger partial charge in [-0.05, 0) is 19.1 Å². The molecule has 0 aliphatic rings. The maximum Gasteiger partial charge on any atom is 0.329 e. The number of hydrogen-bond acceptors (Lipinski definition) is 3. The number of terminal acetylenes is 1. The molecule has 1 aromatic rings. The lowest BCUT2D eigenvalue weighted by atomic mass is 9.97. The lowest BCUT2D eigenvalue weighted by molar-refractivity contribution is -0.144. The minimum absolute atomic E-state index is 0.0852. The monoisotopic (exact) mass is 222 g/mol. The lowest BCUT2D eigenvalue weighted by Gasteiger charge is -2.24. The Morgan fingerprint density at radius 3 is 2.88 bits per heavy atom. The molecule has 0 saturated heterocycles. The molecule has 0 amide bonds. The van der Waals surface area contributed by atoms with E-state index in [1.807, 2.05) is 0 Å². The first-order valence-electron chi connectivity index (χ1n) is 4.54. The van der Waals surface area contributed by atoms with E-state index in [1.165, 1.54) is 13.0 Å². The molecule has 0 aromatic carbocycles. The fourth-order valence-electron chi connectivity index (χ4n) is 1.18. The van der Waals surface area contributed by atoms with Crippen molar-refractivity contribution in [2.24, 2.45) is 0 Å². The number of halogens is 1. The minimum atomic E-state index is -1.42. The van der Waals surface area contributed by atoms with Gasteiger partial charge in [0, 0.05) is 0 Å². The molecule has 0 bridgehead atoms. The van der Waals surface area contributed by atoms with Gasteiger partial charge in [0.2, 0.25) is 0 Å². The lowest BCUT2D eigenvalue weighted by Crippen LogP contribution is -2.47. The Balaban J connectivity index is 3.07. The summed E-state index contributed by atoms with van der Waals surface area (Å²) in [6, 6.07) is 2.47. The van der Waals surface area contributed by atoms with Crippen LogP contribution in [0.4, 0.5) is 4.39 Å². The number of pyridine rings is 1. The van der Waals surface area contributed by atoms with E-state index in [4.69, 9.17) is 11.5 Å². The van der Waals surface area contributed by atoms with Gasteiger partial charge in [-0.15, -0.1) is 6.42 Å². The van der Waals surface area contributed by atoms with Gasteiger partial charge in [-0.1, -0.05) is 5.92 Å². The van der Waals surface area contributed by atoms with E-state index >= 15 is 0 Å². The highest BCUT2D eigenvalue weighted by Crippen LogP contribution is 2.18. The maximum atomic E-state index is 12.7. The van der Waals surface area contributed by atoms with Gasteiger partial charge in [0.1, 0.15) is 5.82 Å². The van der Waals surface area contributed by atoms with Crippen molar-refractivity contribution in [2.45, 2.75) is 12.5 Å². The van der Waals surface area contributed by atoms with Crippen LogP contribution in [0.25, 0.3) is 0 Å². The van der Waals surface area contributed by atoms with Gasteiger partial charge >= 0.3 is 5.97 Å². The summed E-state index contributed by atoms with van der Waals surface area (Å²) >= 11 is 0. The molecule has 0 radical (unpaired) electrons. The summed E-state index contributed by atoms with van der Waals surface area (Å²) < 4.78 is 12.7.